The molecule has 1 aliphatic rings. The number of amides is 1. The van der Waals surface area contributed by atoms with Gasteiger partial charge in [0.15, 0.2) is 5.13 Å². The molecule has 1 aliphatic carbocycles. The van der Waals surface area contributed by atoms with Crippen molar-refractivity contribution in [3.63, 3.8) is 0 Å². The van der Waals surface area contributed by atoms with Crippen LogP contribution in [0.25, 0.3) is 0 Å². The van der Waals surface area contributed by atoms with Gasteiger partial charge in [-0.3, -0.25) is 4.79 Å². The van der Waals surface area contributed by atoms with E-state index in [0.717, 1.165) is 18.0 Å². The summed E-state index contributed by atoms with van der Waals surface area (Å²) in [5, 5.41) is 3.62. The minimum absolute atomic E-state index is 0.0334. The molecule has 0 aromatic carbocycles. The Morgan fingerprint density at radius 2 is 2.06 bits per heavy atom. The molecule has 2 atom stereocenters. The number of nitrogens with zero attached hydrogens (tertiary/aromatic N) is 1. The van der Waals surface area contributed by atoms with E-state index in [2.05, 4.69) is 10.3 Å². The molecule has 0 radical (unpaired) electrons. The van der Waals surface area contributed by atoms with Gasteiger partial charge in [-0.2, -0.15) is 0 Å². The molecule has 0 fully saturated rings. The number of fused-ring (bicyclic) bond motifs is 1. The number of nitrogens with one attached hydrogen (secondary N) is 1. The molecule has 0 saturated carbocycles. The summed E-state index contributed by atoms with van der Waals surface area (Å²) in [6, 6.07) is -0.136. The molecular weight excluding hydrogens is 246 g/mol. The highest BCUT2D eigenvalue weighted by molar-refractivity contribution is 7.15. The molecule has 1 amide bonds. The topological polar surface area (TPSA) is 68.0 Å². The third kappa shape index (κ3) is 3.09. The molecule has 0 aliphatic heterocycles. The van der Waals surface area contributed by atoms with Crippen molar-refractivity contribution < 1.29 is 4.79 Å². The normalized spacial score (nSPS) is 18.6. The van der Waals surface area contributed by atoms with Crippen LogP contribution < -0.4 is 11.1 Å². The summed E-state index contributed by atoms with van der Waals surface area (Å²) in [5.74, 6) is -0.220. The molecule has 18 heavy (non-hydrogen) atoms. The largest absolute Gasteiger partial charge is 0.327 e. The van der Waals surface area contributed by atoms with Gasteiger partial charge in [0.05, 0.1) is 11.6 Å². The molecule has 0 saturated heterocycles. The summed E-state index contributed by atoms with van der Waals surface area (Å²) in [6.07, 6.45) is 5.88. The van der Waals surface area contributed by atoms with Crippen molar-refractivity contribution in [3.05, 3.63) is 10.6 Å². The lowest BCUT2D eigenvalue weighted by molar-refractivity contribution is -0.119. The van der Waals surface area contributed by atoms with E-state index in [-0.39, 0.29) is 17.9 Å². The van der Waals surface area contributed by atoms with Gasteiger partial charge in [-0.05, 0) is 32.6 Å². The molecular formula is C13H21N3OS. The SMILES string of the molecule is CC(N)C(C)C(=O)Nc1nc2c(s1)CCCCC2. The van der Waals surface area contributed by atoms with Crippen molar-refractivity contribution in [3.8, 4) is 0 Å². The third-order valence-corrected chi connectivity index (χ3v) is 4.60. The lowest BCUT2D eigenvalue weighted by Crippen LogP contribution is -2.34. The number of hydrogen-bond donors (Lipinski definition) is 2. The first-order valence-corrected chi connectivity index (χ1v) is 7.44. The first-order valence-electron chi connectivity index (χ1n) is 6.63. The van der Waals surface area contributed by atoms with Crippen LogP contribution in [0.2, 0.25) is 0 Å². The number of nitrogens with two attached hydrogens (primary N) is 1. The monoisotopic (exact) mass is 267 g/mol. The third-order valence-electron chi connectivity index (χ3n) is 3.53. The standard InChI is InChI=1S/C13H21N3OS/c1-8(9(2)14)12(17)16-13-15-10-6-4-3-5-7-11(10)18-13/h8-9H,3-7,14H2,1-2H3,(H,15,16,17). The number of anilines is 1. The predicted octanol–water partition coefficient (Wildman–Crippen LogP) is 2.33. The van der Waals surface area contributed by atoms with E-state index in [1.807, 2.05) is 13.8 Å². The number of rotatable bonds is 3. The van der Waals surface area contributed by atoms with E-state index < -0.39 is 0 Å². The molecule has 4 nitrogen and oxygen atoms in total. The first kappa shape index (κ1) is 13.5. The van der Waals surface area contributed by atoms with Crippen LogP contribution >= 0.6 is 11.3 Å². The maximum atomic E-state index is 11.9. The zero-order chi connectivity index (χ0) is 13.1. The average Bonchev–Trinajstić information content (AvgIpc) is 2.57. The molecule has 1 aromatic rings. The Kier molecular flexibility index (Phi) is 4.35. The van der Waals surface area contributed by atoms with Gasteiger partial charge in [-0.15, -0.1) is 11.3 Å². The molecule has 1 aromatic heterocycles. The van der Waals surface area contributed by atoms with E-state index in [4.69, 9.17) is 5.73 Å². The van der Waals surface area contributed by atoms with Crippen molar-refractivity contribution in [1.29, 1.82) is 0 Å². The van der Waals surface area contributed by atoms with Gasteiger partial charge in [-0.1, -0.05) is 13.3 Å². The van der Waals surface area contributed by atoms with Crippen molar-refractivity contribution in [1.82, 2.24) is 4.98 Å². The van der Waals surface area contributed by atoms with Crippen LogP contribution in [0.4, 0.5) is 5.13 Å². The Labute approximate surface area is 112 Å². The van der Waals surface area contributed by atoms with Gasteiger partial charge in [0, 0.05) is 10.9 Å². The molecule has 0 bridgehead atoms. The van der Waals surface area contributed by atoms with Gasteiger partial charge in [0.1, 0.15) is 0 Å². The predicted molar refractivity (Wildman–Crippen MR) is 74.8 cm³/mol. The Hall–Kier alpha value is -0.940. The minimum Gasteiger partial charge on any atom is -0.327 e. The van der Waals surface area contributed by atoms with Crippen molar-refractivity contribution >= 4 is 22.4 Å². The second-order valence-electron chi connectivity index (χ2n) is 5.09. The number of carbonyl (C=O) groups excluding carboxylic acids is 1. The summed E-state index contributed by atoms with van der Waals surface area (Å²) in [4.78, 5) is 17.8. The molecule has 2 rings (SSSR count). The van der Waals surface area contributed by atoms with Crippen molar-refractivity contribution in [2.75, 3.05) is 5.32 Å². The van der Waals surface area contributed by atoms with Crippen LogP contribution in [-0.4, -0.2) is 16.9 Å². The molecule has 100 valence electrons. The lowest BCUT2D eigenvalue weighted by Gasteiger charge is -2.13. The van der Waals surface area contributed by atoms with Crippen molar-refractivity contribution in [2.24, 2.45) is 11.7 Å². The van der Waals surface area contributed by atoms with Gasteiger partial charge in [-0.25, -0.2) is 4.98 Å². The summed E-state index contributed by atoms with van der Waals surface area (Å²) >= 11 is 1.62. The Morgan fingerprint density at radius 3 is 2.78 bits per heavy atom. The fourth-order valence-corrected chi connectivity index (χ4v) is 3.09. The maximum absolute atomic E-state index is 11.9. The van der Waals surface area contributed by atoms with Crippen LogP contribution in [-0.2, 0) is 17.6 Å². The number of aryl methyl sites for hydroxylation is 2. The van der Waals surface area contributed by atoms with Gasteiger partial charge >= 0.3 is 0 Å². The maximum Gasteiger partial charge on any atom is 0.230 e. The van der Waals surface area contributed by atoms with Crippen LogP contribution in [0.15, 0.2) is 0 Å². The van der Waals surface area contributed by atoms with Crippen LogP contribution in [0.5, 0.6) is 0 Å². The van der Waals surface area contributed by atoms with Gasteiger partial charge in [0.25, 0.3) is 0 Å². The molecule has 1 heterocycles. The Morgan fingerprint density at radius 1 is 1.33 bits per heavy atom. The summed E-state index contributed by atoms with van der Waals surface area (Å²) in [7, 11) is 0. The van der Waals surface area contributed by atoms with E-state index in [1.165, 1.54) is 29.8 Å². The van der Waals surface area contributed by atoms with Crippen molar-refractivity contribution in [2.45, 2.75) is 52.0 Å². The van der Waals surface area contributed by atoms with E-state index >= 15 is 0 Å². The Bertz CT molecular complexity index is 404. The fraction of sp³-hybridized carbons (Fsp3) is 0.692. The second-order valence-corrected chi connectivity index (χ2v) is 6.17. The van der Waals surface area contributed by atoms with Crippen LogP contribution in [0, 0.1) is 5.92 Å². The summed E-state index contributed by atoms with van der Waals surface area (Å²) < 4.78 is 0. The Balaban J connectivity index is 2.04. The molecule has 3 N–H and O–H groups in total. The second kappa shape index (κ2) is 5.80. The number of carbonyl (C=O) groups is 1. The number of hydrogen-bond acceptors (Lipinski definition) is 4. The first-order chi connectivity index (χ1) is 8.58. The summed E-state index contributed by atoms with van der Waals surface area (Å²) in [5.41, 5.74) is 6.91. The minimum atomic E-state index is -0.186. The molecule has 5 heteroatoms. The fourth-order valence-electron chi connectivity index (χ4n) is 2.04. The smallest absolute Gasteiger partial charge is 0.230 e. The van der Waals surface area contributed by atoms with Gasteiger partial charge in [0.2, 0.25) is 5.91 Å². The zero-order valence-corrected chi connectivity index (χ0v) is 11.8. The van der Waals surface area contributed by atoms with Crippen LogP contribution in [0.1, 0.15) is 43.7 Å². The highest BCUT2D eigenvalue weighted by Gasteiger charge is 2.20. The van der Waals surface area contributed by atoms with E-state index in [0.29, 0.717) is 0 Å². The van der Waals surface area contributed by atoms with Gasteiger partial charge < -0.3 is 11.1 Å². The highest BCUT2D eigenvalue weighted by atomic mass is 32.1. The molecule has 0 spiro atoms. The zero-order valence-electron chi connectivity index (χ0n) is 11.0. The quantitative estimate of drug-likeness (QED) is 0.826. The van der Waals surface area contributed by atoms with Crippen LogP contribution in [0.3, 0.4) is 0 Å². The van der Waals surface area contributed by atoms with E-state index in [9.17, 15) is 4.79 Å². The van der Waals surface area contributed by atoms with E-state index in [1.54, 1.807) is 11.3 Å². The summed E-state index contributed by atoms with van der Waals surface area (Å²) in [6.45, 7) is 3.69. The average molecular weight is 267 g/mol. The number of thiazole rings is 1. The lowest BCUT2D eigenvalue weighted by atomic mass is 10.0. The molecule has 2 unspecified atom stereocenters. The number of aromatic nitrogens is 1. The highest BCUT2D eigenvalue weighted by Crippen LogP contribution is 2.29.